The first-order valence-corrected chi connectivity index (χ1v) is 8.98. The number of fused-ring (bicyclic) bond motifs is 1. The zero-order valence-corrected chi connectivity index (χ0v) is 15.7. The zero-order valence-electron chi connectivity index (χ0n) is 15.0. The fourth-order valence-corrected chi connectivity index (χ4v) is 2.93. The molecule has 4 aromatic rings. The minimum atomic E-state index is -0.302. The Morgan fingerprint density at radius 3 is 2.57 bits per heavy atom. The molecule has 0 unspecified atom stereocenters. The van der Waals surface area contributed by atoms with Gasteiger partial charge in [0.2, 0.25) is 5.95 Å². The Hall–Kier alpha value is -3.51. The van der Waals surface area contributed by atoms with Crippen LogP contribution in [0.25, 0.3) is 10.9 Å². The molecule has 138 valence electrons. The lowest BCUT2D eigenvalue weighted by atomic mass is 10.2. The summed E-state index contributed by atoms with van der Waals surface area (Å²) in [6.07, 6.45) is 4.69. The van der Waals surface area contributed by atoms with Crippen molar-refractivity contribution >= 4 is 45.7 Å². The predicted molar refractivity (Wildman–Crippen MR) is 111 cm³/mol. The van der Waals surface area contributed by atoms with Crippen LogP contribution in [0.5, 0.6) is 0 Å². The van der Waals surface area contributed by atoms with Crippen LogP contribution >= 0.6 is 11.6 Å². The normalized spacial score (nSPS) is 10.6. The third-order valence-electron chi connectivity index (χ3n) is 4.24. The van der Waals surface area contributed by atoms with Gasteiger partial charge < -0.3 is 10.6 Å². The molecule has 1 amide bonds. The first kappa shape index (κ1) is 17.9. The maximum Gasteiger partial charge on any atom is 0.258 e. The molecular formula is C21H16ClN5O. The molecule has 2 aromatic carbocycles. The molecule has 0 saturated carbocycles. The number of rotatable bonds is 4. The van der Waals surface area contributed by atoms with E-state index in [1.807, 2.05) is 43.3 Å². The molecule has 0 fully saturated rings. The van der Waals surface area contributed by atoms with E-state index >= 15 is 0 Å². The number of nitrogens with one attached hydrogen (secondary N) is 2. The van der Waals surface area contributed by atoms with E-state index in [0.717, 1.165) is 22.2 Å². The van der Waals surface area contributed by atoms with E-state index in [-0.39, 0.29) is 5.91 Å². The summed E-state index contributed by atoms with van der Waals surface area (Å²) < 4.78 is 0. The molecule has 0 spiro atoms. The monoisotopic (exact) mass is 389 g/mol. The molecule has 7 heteroatoms. The lowest BCUT2D eigenvalue weighted by Gasteiger charge is -2.10. The zero-order chi connectivity index (χ0) is 19.5. The van der Waals surface area contributed by atoms with Gasteiger partial charge in [0, 0.05) is 34.7 Å². The summed E-state index contributed by atoms with van der Waals surface area (Å²) in [4.78, 5) is 25.3. The molecule has 2 heterocycles. The van der Waals surface area contributed by atoms with Crippen molar-refractivity contribution in [2.24, 2.45) is 0 Å². The molecule has 0 saturated heterocycles. The number of aromatic nitrogens is 3. The van der Waals surface area contributed by atoms with Gasteiger partial charge in [0.25, 0.3) is 5.91 Å². The lowest BCUT2D eigenvalue weighted by molar-refractivity contribution is 0.102. The van der Waals surface area contributed by atoms with Gasteiger partial charge >= 0.3 is 0 Å². The van der Waals surface area contributed by atoms with E-state index in [1.165, 1.54) is 12.4 Å². The van der Waals surface area contributed by atoms with Crippen LogP contribution in [0.2, 0.25) is 5.02 Å². The van der Waals surface area contributed by atoms with Crippen molar-refractivity contribution in [1.82, 2.24) is 15.0 Å². The third-order valence-corrected chi connectivity index (χ3v) is 4.48. The highest BCUT2D eigenvalue weighted by molar-refractivity contribution is 6.31. The number of hydrogen-bond acceptors (Lipinski definition) is 5. The minimum Gasteiger partial charge on any atom is -0.322 e. The van der Waals surface area contributed by atoms with E-state index in [4.69, 9.17) is 11.6 Å². The summed E-state index contributed by atoms with van der Waals surface area (Å²) in [6.45, 7) is 1.90. The fraction of sp³-hybridized carbons (Fsp3) is 0.0476. The van der Waals surface area contributed by atoms with Gasteiger partial charge in [-0.1, -0.05) is 35.9 Å². The van der Waals surface area contributed by atoms with Crippen molar-refractivity contribution in [3.8, 4) is 0 Å². The summed E-state index contributed by atoms with van der Waals surface area (Å²) in [5, 5.41) is 7.54. The average Bonchev–Trinajstić information content (AvgIpc) is 2.71. The second kappa shape index (κ2) is 7.62. The molecule has 2 aromatic heterocycles. The van der Waals surface area contributed by atoms with Gasteiger partial charge in [0.1, 0.15) is 0 Å². The molecule has 28 heavy (non-hydrogen) atoms. The summed E-state index contributed by atoms with van der Waals surface area (Å²) in [5.74, 6) is 0.0809. The number of amides is 1. The van der Waals surface area contributed by atoms with Crippen LogP contribution in [-0.4, -0.2) is 20.9 Å². The second-order valence-corrected chi connectivity index (χ2v) is 6.65. The highest BCUT2D eigenvalue weighted by atomic mass is 35.5. The van der Waals surface area contributed by atoms with Gasteiger partial charge in [-0.05, 0) is 36.8 Å². The number of halogens is 1. The van der Waals surface area contributed by atoms with E-state index in [9.17, 15) is 4.79 Å². The standard InChI is InChI=1S/C21H16ClN5O/c1-13-7-8-16(22)10-18(13)26-20(28)15-11-24-21(25-12-15)27-17-6-2-4-14-5-3-9-23-19(14)17/h2-12H,1H3,(H,26,28)(H,24,25,27). The summed E-state index contributed by atoms with van der Waals surface area (Å²) in [5.41, 5.74) is 3.54. The summed E-state index contributed by atoms with van der Waals surface area (Å²) >= 11 is 6.00. The maximum absolute atomic E-state index is 12.5. The maximum atomic E-state index is 12.5. The van der Waals surface area contributed by atoms with Crippen LogP contribution < -0.4 is 10.6 Å². The molecule has 0 bridgehead atoms. The molecule has 0 aliphatic carbocycles. The highest BCUT2D eigenvalue weighted by Crippen LogP contribution is 2.23. The SMILES string of the molecule is Cc1ccc(Cl)cc1NC(=O)c1cnc(Nc2cccc3cccnc23)nc1. The van der Waals surface area contributed by atoms with Crippen molar-refractivity contribution in [2.75, 3.05) is 10.6 Å². The van der Waals surface area contributed by atoms with Crippen LogP contribution in [-0.2, 0) is 0 Å². The Morgan fingerprint density at radius 2 is 1.75 bits per heavy atom. The Labute approximate surface area is 166 Å². The average molecular weight is 390 g/mol. The molecule has 4 rings (SSSR count). The molecule has 6 nitrogen and oxygen atoms in total. The Morgan fingerprint density at radius 1 is 0.964 bits per heavy atom. The van der Waals surface area contributed by atoms with Gasteiger partial charge in [-0.25, -0.2) is 9.97 Å². The number of para-hydroxylation sites is 1. The molecule has 2 N–H and O–H groups in total. The number of aryl methyl sites for hydroxylation is 1. The number of benzene rings is 2. The Kier molecular flexibility index (Phi) is 4.87. The van der Waals surface area contributed by atoms with Crippen LogP contribution in [0.1, 0.15) is 15.9 Å². The topological polar surface area (TPSA) is 79.8 Å². The van der Waals surface area contributed by atoms with Gasteiger partial charge in [0.15, 0.2) is 0 Å². The van der Waals surface area contributed by atoms with Crippen molar-refractivity contribution in [1.29, 1.82) is 0 Å². The quantitative estimate of drug-likeness (QED) is 0.514. The second-order valence-electron chi connectivity index (χ2n) is 6.21. The molecule has 0 aliphatic rings. The number of nitrogens with zero attached hydrogens (tertiary/aromatic N) is 3. The Bertz CT molecular complexity index is 1160. The van der Waals surface area contributed by atoms with Crippen molar-refractivity contribution < 1.29 is 4.79 Å². The van der Waals surface area contributed by atoms with Gasteiger partial charge in [-0.3, -0.25) is 9.78 Å². The van der Waals surface area contributed by atoms with Crippen molar-refractivity contribution in [2.45, 2.75) is 6.92 Å². The first-order valence-electron chi connectivity index (χ1n) is 8.60. The van der Waals surface area contributed by atoms with Crippen LogP contribution in [0, 0.1) is 6.92 Å². The number of hydrogen-bond donors (Lipinski definition) is 2. The smallest absolute Gasteiger partial charge is 0.258 e. The summed E-state index contributed by atoms with van der Waals surface area (Å²) in [7, 11) is 0. The molecule has 0 radical (unpaired) electrons. The molecular weight excluding hydrogens is 374 g/mol. The summed E-state index contributed by atoms with van der Waals surface area (Å²) in [6, 6.07) is 15.0. The first-order chi connectivity index (χ1) is 13.6. The van der Waals surface area contributed by atoms with Gasteiger partial charge in [-0.15, -0.1) is 0 Å². The van der Waals surface area contributed by atoms with Crippen molar-refractivity contribution in [3.63, 3.8) is 0 Å². The van der Waals surface area contributed by atoms with Gasteiger partial charge in [-0.2, -0.15) is 0 Å². The predicted octanol–water partition coefficient (Wildman–Crippen LogP) is 4.98. The number of carbonyl (C=O) groups is 1. The lowest BCUT2D eigenvalue weighted by Crippen LogP contribution is -2.14. The highest BCUT2D eigenvalue weighted by Gasteiger charge is 2.10. The van der Waals surface area contributed by atoms with Crippen LogP contribution in [0.3, 0.4) is 0 Å². The minimum absolute atomic E-state index is 0.302. The Balaban J connectivity index is 1.52. The fourth-order valence-electron chi connectivity index (χ4n) is 2.76. The largest absolute Gasteiger partial charge is 0.322 e. The van der Waals surface area contributed by atoms with Crippen LogP contribution in [0.4, 0.5) is 17.3 Å². The molecule has 0 atom stereocenters. The van der Waals surface area contributed by atoms with E-state index in [0.29, 0.717) is 22.2 Å². The number of anilines is 3. The third kappa shape index (κ3) is 3.77. The number of pyridine rings is 1. The van der Waals surface area contributed by atoms with Crippen molar-refractivity contribution in [3.05, 3.63) is 83.3 Å². The van der Waals surface area contributed by atoms with E-state index in [1.54, 1.807) is 18.3 Å². The van der Waals surface area contributed by atoms with E-state index < -0.39 is 0 Å². The van der Waals surface area contributed by atoms with Gasteiger partial charge in [0.05, 0.1) is 16.8 Å². The van der Waals surface area contributed by atoms with E-state index in [2.05, 4.69) is 25.6 Å². The molecule has 0 aliphatic heterocycles. The van der Waals surface area contributed by atoms with Crippen LogP contribution in [0.15, 0.2) is 67.1 Å². The number of carbonyl (C=O) groups excluding carboxylic acids is 1.